The Morgan fingerprint density at radius 3 is 2.78 bits per heavy atom. The lowest BCUT2D eigenvalue weighted by molar-refractivity contribution is -0.173. The van der Waals surface area contributed by atoms with E-state index in [0.29, 0.717) is 6.04 Å². The maximum atomic E-state index is 11.8. The summed E-state index contributed by atoms with van der Waals surface area (Å²) in [5, 5.41) is 5.71. The lowest BCUT2D eigenvalue weighted by Crippen LogP contribution is -2.50. The molecule has 0 aromatic carbocycles. The maximum Gasteiger partial charge on any atom is 0.411 e. The Kier molecular flexibility index (Phi) is 5.87. The third kappa shape index (κ3) is 6.20. The Bertz CT molecular complexity index is 272. The van der Waals surface area contributed by atoms with Crippen LogP contribution in [0.15, 0.2) is 0 Å². The molecule has 0 spiro atoms. The van der Waals surface area contributed by atoms with Gasteiger partial charge in [0.2, 0.25) is 5.91 Å². The number of amides is 1. The molecule has 1 aliphatic rings. The van der Waals surface area contributed by atoms with Crippen LogP contribution in [-0.2, 0) is 9.53 Å². The molecule has 1 heterocycles. The Morgan fingerprint density at radius 1 is 1.44 bits per heavy atom. The van der Waals surface area contributed by atoms with Gasteiger partial charge in [-0.15, -0.1) is 0 Å². The highest BCUT2D eigenvalue weighted by Gasteiger charge is 2.27. The third-order valence-corrected chi connectivity index (χ3v) is 2.74. The van der Waals surface area contributed by atoms with Crippen molar-refractivity contribution in [2.24, 2.45) is 0 Å². The highest BCUT2D eigenvalue weighted by Crippen LogP contribution is 2.14. The molecular formula is C11H19F3N2O2. The van der Waals surface area contributed by atoms with Crippen molar-refractivity contribution in [2.45, 2.75) is 44.4 Å². The van der Waals surface area contributed by atoms with Crippen LogP contribution in [0.5, 0.6) is 0 Å². The number of carbonyl (C=O) groups is 1. The zero-order valence-electron chi connectivity index (χ0n) is 10.3. The van der Waals surface area contributed by atoms with E-state index >= 15 is 0 Å². The van der Waals surface area contributed by atoms with Crippen LogP contribution >= 0.6 is 0 Å². The summed E-state index contributed by atoms with van der Waals surface area (Å²) in [6, 6.07) is 0.0624. The second-order valence-electron chi connectivity index (χ2n) is 4.51. The summed E-state index contributed by atoms with van der Waals surface area (Å²) in [6.45, 7) is 0.697. The van der Waals surface area contributed by atoms with Gasteiger partial charge >= 0.3 is 6.18 Å². The van der Waals surface area contributed by atoms with Crippen molar-refractivity contribution in [3.05, 3.63) is 0 Å². The molecule has 18 heavy (non-hydrogen) atoms. The topological polar surface area (TPSA) is 50.4 Å². The van der Waals surface area contributed by atoms with Crippen LogP contribution in [0.2, 0.25) is 0 Å². The van der Waals surface area contributed by atoms with E-state index in [1.165, 1.54) is 0 Å². The van der Waals surface area contributed by atoms with Gasteiger partial charge in [0.1, 0.15) is 6.61 Å². The number of ether oxygens (including phenoxy) is 1. The van der Waals surface area contributed by atoms with E-state index in [2.05, 4.69) is 15.4 Å². The molecule has 0 saturated carbocycles. The van der Waals surface area contributed by atoms with E-state index in [9.17, 15) is 18.0 Å². The van der Waals surface area contributed by atoms with Crippen molar-refractivity contribution in [1.82, 2.24) is 10.6 Å². The average Bonchev–Trinajstić information content (AvgIpc) is 2.26. The first-order valence-electron chi connectivity index (χ1n) is 6.07. The van der Waals surface area contributed by atoms with Gasteiger partial charge in [0, 0.05) is 12.6 Å². The number of carbonyl (C=O) groups excluding carboxylic acids is 1. The Balaban J connectivity index is 2.10. The van der Waals surface area contributed by atoms with Gasteiger partial charge < -0.3 is 15.4 Å². The molecule has 1 saturated heterocycles. The van der Waals surface area contributed by atoms with Gasteiger partial charge in [-0.2, -0.15) is 13.2 Å². The van der Waals surface area contributed by atoms with Gasteiger partial charge in [0.05, 0.1) is 12.6 Å². The van der Waals surface area contributed by atoms with Crippen LogP contribution in [0, 0.1) is 0 Å². The van der Waals surface area contributed by atoms with Crippen molar-refractivity contribution >= 4 is 5.91 Å². The summed E-state index contributed by atoms with van der Waals surface area (Å²) in [6.07, 6.45) is -1.53. The zero-order valence-corrected chi connectivity index (χ0v) is 10.3. The molecule has 7 heteroatoms. The molecule has 0 aromatic heterocycles. The number of piperidine rings is 1. The van der Waals surface area contributed by atoms with E-state index in [-0.39, 0.29) is 25.1 Å². The fourth-order valence-electron chi connectivity index (χ4n) is 1.90. The normalized spacial score (nSPS) is 24.9. The van der Waals surface area contributed by atoms with Gasteiger partial charge in [-0.3, -0.25) is 4.79 Å². The number of rotatable bonds is 5. The molecular weight excluding hydrogens is 249 g/mol. The van der Waals surface area contributed by atoms with Crippen LogP contribution in [0.3, 0.4) is 0 Å². The molecule has 4 nitrogen and oxygen atoms in total. The van der Waals surface area contributed by atoms with Crippen molar-refractivity contribution in [1.29, 1.82) is 0 Å². The first-order chi connectivity index (χ1) is 8.38. The highest BCUT2D eigenvalue weighted by molar-refractivity contribution is 5.81. The molecule has 0 aliphatic carbocycles. The summed E-state index contributed by atoms with van der Waals surface area (Å²) < 4.78 is 39.7. The monoisotopic (exact) mass is 268 g/mol. The number of halogens is 3. The third-order valence-electron chi connectivity index (χ3n) is 2.74. The number of alkyl halides is 3. The van der Waals surface area contributed by atoms with E-state index < -0.39 is 12.8 Å². The van der Waals surface area contributed by atoms with E-state index in [1.807, 2.05) is 6.92 Å². The molecule has 2 unspecified atom stereocenters. The molecule has 1 aliphatic heterocycles. The summed E-state index contributed by atoms with van der Waals surface area (Å²) in [7, 11) is 0. The van der Waals surface area contributed by atoms with Gasteiger partial charge in [-0.25, -0.2) is 0 Å². The summed E-state index contributed by atoms with van der Waals surface area (Å²) in [5.74, 6) is -0.169. The SMILES string of the molecule is CC1CCCC(C(=O)NCCOCC(F)(F)F)N1. The molecule has 1 rings (SSSR count). The predicted octanol–water partition coefficient (Wildman–Crippen LogP) is 1.21. The maximum absolute atomic E-state index is 11.8. The quantitative estimate of drug-likeness (QED) is 0.737. The van der Waals surface area contributed by atoms with Gasteiger partial charge in [0.15, 0.2) is 0 Å². The fraction of sp³-hybridized carbons (Fsp3) is 0.909. The number of hydrogen-bond donors (Lipinski definition) is 2. The van der Waals surface area contributed by atoms with Gasteiger partial charge in [-0.05, 0) is 26.2 Å². The smallest absolute Gasteiger partial charge is 0.370 e. The van der Waals surface area contributed by atoms with Crippen LogP contribution < -0.4 is 10.6 Å². The summed E-state index contributed by atoms with van der Waals surface area (Å²) >= 11 is 0. The van der Waals surface area contributed by atoms with Crippen LogP contribution in [0.4, 0.5) is 13.2 Å². The standard InChI is InChI=1S/C11H19F3N2O2/c1-8-3-2-4-9(16-8)10(17)15-5-6-18-7-11(12,13)14/h8-9,16H,2-7H2,1H3,(H,15,17). The number of hydrogen-bond acceptors (Lipinski definition) is 3. The fourth-order valence-corrected chi connectivity index (χ4v) is 1.90. The van der Waals surface area contributed by atoms with Gasteiger partial charge in [-0.1, -0.05) is 0 Å². The lowest BCUT2D eigenvalue weighted by atomic mass is 9.99. The van der Waals surface area contributed by atoms with Gasteiger partial charge in [0.25, 0.3) is 0 Å². The van der Waals surface area contributed by atoms with Crippen molar-refractivity contribution < 1.29 is 22.7 Å². The molecule has 1 amide bonds. The molecule has 2 atom stereocenters. The van der Waals surface area contributed by atoms with Crippen molar-refractivity contribution in [3.8, 4) is 0 Å². The second kappa shape index (κ2) is 6.94. The van der Waals surface area contributed by atoms with E-state index in [0.717, 1.165) is 19.3 Å². The molecule has 0 aromatic rings. The lowest BCUT2D eigenvalue weighted by Gasteiger charge is -2.27. The largest absolute Gasteiger partial charge is 0.411 e. The molecule has 106 valence electrons. The first kappa shape index (κ1) is 15.2. The molecule has 2 N–H and O–H groups in total. The molecule has 0 radical (unpaired) electrons. The first-order valence-corrected chi connectivity index (χ1v) is 6.07. The number of nitrogens with one attached hydrogen (secondary N) is 2. The second-order valence-corrected chi connectivity index (χ2v) is 4.51. The molecule has 1 fully saturated rings. The summed E-state index contributed by atoms with van der Waals surface area (Å²) in [4.78, 5) is 11.7. The van der Waals surface area contributed by atoms with Crippen LogP contribution in [0.1, 0.15) is 26.2 Å². The van der Waals surface area contributed by atoms with Crippen molar-refractivity contribution in [3.63, 3.8) is 0 Å². The Morgan fingerprint density at radius 2 is 2.17 bits per heavy atom. The van der Waals surface area contributed by atoms with Crippen molar-refractivity contribution in [2.75, 3.05) is 19.8 Å². The summed E-state index contributed by atoms with van der Waals surface area (Å²) in [5.41, 5.74) is 0. The van der Waals surface area contributed by atoms with Crippen LogP contribution in [0.25, 0.3) is 0 Å². The zero-order chi connectivity index (χ0) is 13.6. The minimum absolute atomic E-state index is 0.0987. The minimum atomic E-state index is -4.32. The Labute approximate surface area is 104 Å². The average molecular weight is 268 g/mol. The van der Waals surface area contributed by atoms with E-state index in [1.54, 1.807) is 0 Å². The highest BCUT2D eigenvalue weighted by atomic mass is 19.4. The van der Waals surface area contributed by atoms with E-state index in [4.69, 9.17) is 0 Å². The molecule has 0 bridgehead atoms. The van der Waals surface area contributed by atoms with Crippen LogP contribution in [-0.4, -0.2) is 43.9 Å². The Hall–Kier alpha value is -0.820. The minimum Gasteiger partial charge on any atom is -0.370 e. The predicted molar refractivity (Wildman–Crippen MR) is 60.1 cm³/mol.